The fourth-order valence-corrected chi connectivity index (χ4v) is 2.49. The number of esters is 1. The van der Waals surface area contributed by atoms with Crippen molar-refractivity contribution in [2.24, 2.45) is 0 Å². The highest BCUT2D eigenvalue weighted by Crippen LogP contribution is 2.16. The summed E-state index contributed by atoms with van der Waals surface area (Å²) in [5.41, 5.74) is 0.920. The molecule has 6 heteroatoms. The number of anilines is 1. The number of nitrogens with one attached hydrogen (secondary N) is 1. The van der Waals surface area contributed by atoms with Crippen LogP contribution in [0.5, 0.6) is 0 Å². The van der Waals surface area contributed by atoms with Crippen molar-refractivity contribution in [3.05, 3.63) is 35.2 Å². The van der Waals surface area contributed by atoms with Gasteiger partial charge in [-0.2, -0.15) is 0 Å². The Morgan fingerprint density at radius 3 is 3.15 bits per heavy atom. The van der Waals surface area contributed by atoms with Gasteiger partial charge < -0.3 is 14.5 Å². The van der Waals surface area contributed by atoms with Gasteiger partial charge in [-0.1, -0.05) is 0 Å². The molecular weight excluding hydrogens is 276 g/mol. The van der Waals surface area contributed by atoms with Crippen molar-refractivity contribution in [1.82, 2.24) is 4.98 Å². The van der Waals surface area contributed by atoms with Crippen LogP contribution >= 0.6 is 11.3 Å². The summed E-state index contributed by atoms with van der Waals surface area (Å²) >= 11 is 1.55. The Labute approximate surface area is 122 Å². The zero-order chi connectivity index (χ0) is 14.2. The molecule has 2 aromatic rings. The molecule has 2 aromatic heterocycles. The molecule has 0 fully saturated rings. The van der Waals surface area contributed by atoms with Crippen molar-refractivity contribution in [2.75, 3.05) is 18.5 Å². The third-order valence-corrected chi connectivity index (χ3v) is 3.52. The second kappa shape index (κ2) is 7.69. The normalized spacial score (nSPS) is 10.4. The van der Waals surface area contributed by atoms with Crippen LogP contribution in [0, 0.1) is 0 Å². The molecule has 0 bridgehead atoms. The Hall–Kier alpha value is -1.82. The van der Waals surface area contributed by atoms with Crippen LogP contribution in [0.4, 0.5) is 5.13 Å². The summed E-state index contributed by atoms with van der Waals surface area (Å²) < 4.78 is 10.1. The van der Waals surface area contributed by atoms with Crippen LogP contribution in [0.3, 0.4) is 0 Å². The molecule has 0 aliphatic rings. The molecule has 0 aromatic carbocycles. The number of aromatic nitrogens is 1. The minimum absolute atomic E-state index is 0.173. The van der Waals surface area contributed by atoms with Crippen LogP contribution in [0.15, 0.2) is 28.2 Å². The molecule has 0 radical (unpaired) electrons. The minimum Gasteiger partial charge on any atom is -0.469 e. The van der Waals surface area contributed by atoms with Gasteiger partial charge in [-0.25, -0.2) is 4.98 Å². The average molecular weight is 294 g/mol. The van der Waals surface area contributed by atoms with E-state index >= 15 is 0 Å². The number of nitrogens with zero attached hydrogens (tertiary/aromatic N) is 1. The maximum Gasteiger partial charge on any atom is 0.306 e. The molecular formula is C14H18N2O3S. The van der Waals surface area contributed by atoms with Crippen molar-refractivity contribution in [3.8, 4) is 0 Å². The van der Waals surface area contributed by atoms with Gasteiger partial charge in [0.15, 0.2) is 5.13 Å². The fraction of sp³-hybridized carbons (Fsp3) is 0.429. The van der Waals surface area contributed by atoms with Gasteiger partial charge in [0.05, 0.1) is 25.0 Å². The van der Waals surface area contributed by atoms with Crippen LogP contribution in [0.25, 0.3) is 0 Å². The monoisotopic (exact) mass is 294 g/mol. The maximum atomic E-state index is 11.3. The zero-order valence-corrected chi connectivity index (χ0v) is 12.2. The largest absolute Gasteiger partial charge is 0.469 e. The third-order valence-electron chi connectivity index (χ3n) is 2.67. The van der Waals surface area contributed by atoms with E-state index in [2.05, 4.69) is 10.3 Å². The quantitative estimate of drug-likeness (QED) is 0.758. The molecule has 5 nitrogen and oxygen atoms in total. The van der Waals surface area contributed by atoms with Crippen molar-refractivity contribution in [1.29, 1.82) is 0 Å². The Kier molecular flexibility index (Phi) is 5.61. The van der Waals surface area contributed by atoms with E-state index in [1.807, 2.05) is 24.4 Å². The third kappa shape index (κ3) is 4.70. The summed E-state index contributed by atoms with van der Waals surface area (Å²) in [6, 6.07) is 3.83. The molecule has 20 heavy (non-hydrogen) atoms. The van der Waals surface area contributed by atoms with E-state index in [0.717, 1.165) is 29.6 Å². The first-order valence-corrected chi connectivity index (χ1v) is 7.52. The lowest BCUT2D eigenvalue weighted by molar-refractivity contribution is -0.143. The average Bonchev–Trinajstić information content (AvgIpc) is 3.08. The van der Waals surface area contributed by atoms with Gasteiger partial charge >= 0.3 is 5.97 Å². The summed E-state index contributed by atoms with van der Waals surface area (Å²) in [6.45, 7) is 3.01. The van der Waals surface area contributed by atoms with E-state index in [4.69, 9.17) is 9.15 Å². The van der Waals surface area contributed by atoms with E-state index in [9.17, 15) is 4.79 Å². The van der Waals surface area contributed by atoms with Crippen molar-refractivity contribution in [2.45, 2.75) is 26.2 Å². The molecule has 2 rings (SSSR count). The number of carbonyl (C=O) groups is 1. The van der Waals surface area contributed by atoms with E-state index < -0.39 is 0 Å². The van der Waals surface area contributed by atoms with Crippen LogP contribution in [-0.2, 0) is 22.4 Å². The maximum absolute atomic E-state index is 11.3. The molecule has 1 N–H and O–H groups in total. The predicted octanol–water partition coefficient (Wildman–Crippen LogP) is 2.89. The number of rotatable bonds is 8. The molecule has 0 spiro atoms. The van der Waals surface area contributed by atoms with Crippen LogP contribution < -0.4 is 5.32 Å². The smallest absolute Gasteiger partial charge is 0.306 e. The van der Waals surface area contributed by atoms with Crippen LogP contribution in [-0.4, -0.2) is 24.1 Å². The first-order chi connectivity index (χ1) is 9.78. The Balaban J connectivity index is 1.70. The highest BCUT2D eigenvalue weighted by molar-refractivity contribution is 7.13. The summed E-state index contributed by atoms with van der Waals surface area (Å²) in [7, 11) is 0. The second-order valence-corrected chi connectivity index (χ2v) is 5.06. The number of hydrogen-bond donors (Lipinski definition) is 1. The van der Waals surface area contributed by atoms with Gasteiger partial charge in [0.2, 0.25) is 0 Å². The van der Waals surface area contributed by atoms with Gasteiger partial charge in [-0.05, 0) is 19.1 Å². The zero-order valence-electron chi connectivity index (χ0n) is 11.4. The molecule has 108 valence electrons. The fourth-order valence-electron chi connectivity index (χ4n) is 1.71. The SMILES string of the molecule is CCOC(=O)CCc1csc(NCCc2ccco2)n1. The summed E-state index contributed by atoms with van der Waals surface area (Å²) in [5, 5.41) is 6.08. The van der Waals surface area contributed by atoms with Crippen LogP contribution in [0.1, 0.15) is 24.8 Å². The Bertz CT molecular complexity index is 522. The summed E-state index contributed by atoms with van der Waals surface area (Å²) in [4.78, 5) is 15.7. The molecule has 0 atom stereocenters. The molecule has 0 saturated heterocycles. The number of thiazole rings is 1. The van der Waals surface area contributed by atoms with E-state index in [0.29, 0.717) is 19.4 Å². The van der Waals surface area contributed by atoms with Gasteiger partial charge in [0, 0.05) is 24.8 Å². The van der Waals surface area contributed by atoms with Gasteiger partial charge in [-0.15, -0.1) is 11.3 Å². The molecule has 0 aliphatic heterocycles. The lowest BCUT2D eigenvalue weighted by Gasteiger charge is -2.00. The standard InChI is InChI=1S/C14H18N2O3S/c1-2-18-13(17)6-5-11-10-20-14(16-11)15-8-7-12-4-3-9-19-12/h3-4,9-10H,2,5-8H2,1H3,(H,15,16). The Morgan fingerprint density at radius 1 is 1.50 bits per heavy atom. The molecule has 2 heterocycles. The number of carbonyl (C=O) groups excluding carboxylic acids is 1. The first-order valence-electron chi connectivity index (χ1n) is 6.64. The number of aryl methyl sites for hydroxylation is 1. The first kappa shape index (κ1) is 14.6. The molecule has 0 amide bonds. The number of hydrogen-bond acceptors (Lipinski definition) is 6. The van der Waals surface area contributed by atoms with E-state index in [1.165, 1.54) is 0 Å². The highest BCUT2D eigenvalue weighted by atomic mass is 32.1. The van der Waals surface area contributed by atoms with E-state index in [-0.39, 0.29) is 5.97 Å². The van der Waals surface area contributed by atoms with Gasteiger partial charge in [0.25, 0.3) is 0 Å². The van der Waals surface area contributed by atoms with Gasteiger partial charge in [0.1, 0.15) is 5.76 Å². The van der Waals surface area contributed by atoms with Crippen LogP contribution in [0.2, 0.25) is 0 Å². The Morgan fingerprint density at radius 2 is 2.40 bits per heavy atom. The number of furan rings is 1. The molecule has 0 unspecified atom stereocenters. The molecule has 0 saturated carbocycles. The predicted molar refractivity (Wildman–Crippen MR) is 78.0 cm³/mol. The highest BCUT2D eigenvalue weighted by Gasteiger charge is 2.06. The number of ether oxygens (including phenoxy) is 1. The van der Waals surface area contributed by atoms with Crippen molar-refractivity contribution in [3.63, 3.8) is 0 Å². The second-order valence-electron chi connectivity index (χ2n) is 4.21. The summed E-state index contributed by atoms with van der Waals surface area (Å²) in [6.07, 6.45) is 3.50. The van der Waals surface area contributed by atoms with Crippen molar-refractivity contribution >= 4 is 22.4 Å². The molecule has 0 aliphatic carbocycles. The minimum atomic E-state index is -0.173. The summed E-state index contributed by atoms with van der Waals surface area (Å²) in [5.74, 6) is 0.782. The van der Waals surface area contributed by atoms with E-state index in [1.54, 1.807) is 17.6 Å². The lowest BCUT2D eigenvalue weighted by atomic mass is 10.2. The van der Waals surface area contributed by atoms with Crippen molar-refractivity contribution < 1.29 is 13.9 Å². The lowest BCUT2D eigenvalue weighted by Crippen LogP contribution is -2.06. The van der Waals surface area contributed by atoms with Gasteiger partial charge in [-0.3, -0.25) is 4.79 Å². The topological polar surface area (TPSA) is 64.4 Å².